The predicted octanol–water partition coefficient (Wildman–Crippen LogP) is 3.77. The molecule has 174 valence electrons. The maximum Gasteiger partial charge on any atom is 0.433 e. The summed E-state index contributed by atoms with van der Waals surface area (Å²) in [6.07, 6.45) is 1.88. The second-order valence-electron chi connectivity index (χ2n) is 8.32. The summed E-state index contributed by atoms with van der Waals surface area (Å²) in [5.74, 6) is 0.760. The summed E-state index contributed by atoms with van der Waals surface area (Å²) in [6, 6.07) is 3.99. The number of hydrogen-bond donors (Lipinski definition) is 2. The molecule has 1 amide bonds. The molecule has 2 N–H and O–H groups in total. The van der Waals surface area contributed by atoms with Gasteiger partial charge in [0.25, 0.3) is 0 Å². The first-order valence-electron chi connectivity index (χ1n) is 10.4. The van der Waals surface area contributed by atoms with Crippen LogP contribution in [0.4, 0.5) is 30.4 Å². The largest absolute Gasteiger partial charge is 0.433 e. The lowest BCUT2D eigenvalue weighted by Crippen LogP contribution is -2.49. The van der Waals surface area contributed by atoms with Crippen LogP contribution in [0.15, 0.2) is 43.0 Å². The Morgan fingerprint density at radius 1 is 1.15 bits per heavy atom. The molecule has 0 radical (unpaired) electrons. The fourth-order valence-electron chi connectivity index (χ4n) is 3.86. The number of pyridine rings is 2. The molecule has 3 aromatic rings. The maximum atomic E-state index is 12.6. The summed E-state index contributed by atoms with van der Waals surface area (Å²) in [6.45, 7) is 4.78. The third kappa shape index (κ3) is 4.91. The molecule has 1 aliphatic rings. The molecule has 0 saturated heterocycles. The van der Waals surface area contributed by atoms with Gasteiger partial charge in [-0.05, 0) is 17.5 Å². The monoisotopic (exact) mass is 459 g/mol. The SMILES string of the molecule is CC(C)[C@H]1C(=O)Nc2cnc(NCc3cnn(Cc4ccc(C(F)(F)F)nc4)c3)cc2N1C. The van der Waals surface area contributed by atoms with Crippen LogP contribution >= 0.6 is 0 Å². The summed E-state index contributed by atoms with van der Waals surface area (Å²) in [5.41, 5.74) is 2.14. The molecule has 8 nitrogen and oxygen atoms in total. The molecule has 1 atom stereocenters. The van der Waals surface area contributed by atoms with Crippen molar-refractivity contribution in [3.05, 3.63) is 59.8 Å². The Hall–Kier alpha value is -3.63. The highest BCUT2D eigenvalue weighted by atomic mass is 19.4. The van der Waals surface area contributed by atoms with Crippen molar-refractivity contribution >= 4 is 23.1 Å². The molecule has 3 aromatic heterocycles. The van der Waals surface area contributed by atoms with Crippen molar-refractivity contribution in [2.24, 2.45) is 5.92 Å². The molecule has 0 fully saturated rings. The van der Waals surface area contributed by atoms with Crippen molar-refractivity contribution in [2.75, 3.05) is 22.6 Å². The summed E-state index contributed by atoms with van der Waals surface area (Å²) < 4.78 is 39.6. The third-order valence-electron chi connectivity index (χ3n) is 5.46. The molecule has 0 aromatic carbocycles. The van der Waals surface area contributed by atoms with Crippen LogP contribution in [0.25, 0.3) is 0 Å². The van der Waals surface area contributed by atoms with Crippen LogP contribution in [-0.2, 0) is 24.1 Å². The summed E-state index contributed by atoms with van der Waals surface area (Å²) >= 11 is 0. The number of nitrogens with one attached hydrogen (secondary N) is 2. The van der Waals surface area contributed by atoms with E-state index >= 15 is 0 Å². The zero-order valence-electron chi connectivity index (χ0n) is 18.4. The Morgan fingerprint density at radius 2 is 1.94 bits per heavy atom. The van der Waals surface area contributed by atoms with Crippen molar-refractivity contribution in [2.45, 2.75) is 39.2 Å². The Balaban J connectivity index is 1.39. The summed E-state index contributed by atoms with van der Waals surface area (Å²) in [4.78, 5) is 22.1. The van der Waals surface area contributed by atoms with Gasteiger partial charge >= 0.3 is 6.18 Å². The zero-order valence-corrected chi connectivity index (χ0v) is 18.4. The smallest absolute Gasteiger partial charge is 0.366 e. The number of carbonyl (C=O) groups excluding carboxylic acids is 1. The van der Waals surface area contributed by atoms with Gasteiger partial charge in [0.2, 0.25) is 5.91 Å². The van der Waals surface area contributed by atoms with Crippen molar-refractivity contribution < 1.29 is 18.0 Å². The van der Waals surface area contributed by atoms with Gasteiger partial charge in [0.05, 0.1) is 30.3 Å². The van der Waals surface area contributed by atoms with Crippen LogP contribution in [0.3, 0.4) is 0 Å². The average Bonchev–Trinajstić information content (AvgIpc) is 3.19. The van der Waals surface area contributed by atoms with Crippen molar-refractivity contribution in [1.82, 2.24) is 19.7 Å². The molecular formula is C22H24F3N7O. The Labute approximate surface area is 188 Å². The molecule has 33 heavy (non-hydrogen) atoms. The first-order chi connectivity index (χ1) is 15.6. The number of likely N-dealkylation sites (N-methyl/N-ethyl adjacent to an activating group) is 1. The number of carbonyl (C=O) groups is 1. The van der Waals surface area contributed by atoms with Gasteiger partial charge in [-0.1, -0.05) is 19.9 Å². The molecule has 0 unspecified atom stereocenters. The Morgan fingerprint density at radius 3 is 2.61 bits per heavy atom. The van der Waals surface area contributed by atoms with E-state index in [0.717, 1.165) is 17.3 Å². The number of anilines is 3. The second kappa shape index (κ2) is 8.72. The number of amides is 1. The molecular weight excluding hydrogens is 435 g/mol. The van der Waals surface area contributed by atoms with Gasteiger partial charge in [-0.15, -0.1) is 0 Å². The first-order valence-corrected chi connectivity index (χ1v) is 10.4. The fourth-order valence-corrected chi connectivity index (χ4v) is 3.86. The number of rotatable bonds is 6. The number of alkyl halides is 3. The highest BCUT2D eigenvalue weighted by Crippen LogP contribution is 2.34. The van der Waals surface area contributed by atoms with E-state index in [0.29, 0.717) is 30.2 Å². The molecule has 0 saturated carbocycles. The van der Waals surface area contributed by atoms with Gasteiger partial charge < -0.3 is 15.5 Å². The molecule has 0 aliphatic carbocycles. The van der Waals surface area contributed by atoms with Crippen LogP contribution in [0.5, 0.6) is 0 Å². The van der Waals surface area contributed by atoms with Crippen LogP contribution in [0.2, 0.25) is 0 Å². The minimum absolute atomic E-state index is 0.0434. The van der Waals surface area contributed by atoms with E-state index in [1.54, 1.807) is 17.1 Å². The number of fused-ring (bicyclic) bond motifs is 1. The molecule has 0 bridgehead atoms. The van der Waals surface area contributed by atoms with Gasteiger partial charge in [-0.3, -0.25) is 14.5 Å². The van der Waals surface area contributed by atoms with Gasteiger partial charge in [-0.2, -0.15) is 18.3 Å². The first kappa shape index (κ1) is 22.6. The Kier molecular flexibility index (Phi) is 5.96. The lowest BCUT2D eigenvalue weighted by atomic mass is 9.99. The highest BCUT2D eigenvalue weighted by molar-refractivity contribution is 6.03. The molecule has 1 aliphatic heterocycles. The lowest BCUT2D eigenvalue weighted by Gasteiger charge is -2.37. The molecule has 0 spiro atoms. The fraction of sp³-hybridized carbons (Fsp3) is 0.364. The normalized spacial score (nSPS) is 16.0. The van der Waals surface area contributed by atoms with Gasteiger partial charge in [0.15, 0.2) is 0 Å². The van der Waals surface area contributed by atoms with Gasteiger partial charge in [-0.25, -0.2) is 4.98 Å². The molecule has 4 heterocycles. The highest BCUT2D eigenvalue weighted by Gasteiger charge is 2.33. The van der Waals surface area contributed by atoms with Crippen LogP contribution < -0.4 is 15.5 Å². The maximum absolute atomic E-state index is 12.6. The van der Waals surface area contributed by atoms with E-state index in [4.69, 9.17) is 0 Å². The van der Waals surface area contributed by atoms with E-state index in [1.807, 2.05) is 38.1 Å². The van der Waals surface area contributed by atoms with Crippen molar-refractivity contribution in [3.63, 3.8) is 0 Å². The van der Waals surface area contributed by atoms with Crippen molar-refractivity contribution in [3.8, 4) is 0 Å². The van der Waals surface area contributed by atoms with E-state index in [-0.39, 0.29) is 17.9 Å². The van der Waals surface area contributed by atoms with E-state index < -0.39 is 11.9 Å². The molecule has 4 rings (SSSR count). The number of halogens is 3. The standard InChI is InChI=1S/C22H24F3N7O/c1-13(2)20-21(33)30-16-10-28-19(6-17(16)31(20)3)27-8-15-9-29-32(12-15)11-14-4-5-18(26-7-14)22(23,24)25/h4-7,9-10,12-13,20H,8,11H2,1-3H3,(H,27,28)(H,30,33)/t20-/m0/s1. The number of hydrogen-bond acceptors (Lipinski definition) is 6. The summed E-state index contributed by atoms with van der Waals surface area (Å²) in [7, 11) is 1.89. The van der Waals surface area contributed by atoms with Crippen LogP contribution in [0, 0.1) is 5.92 Å². The number of nitrogens with zero attached hydrogens (tertiary/aromatic N) is 5. The van der Waals surface area contributed by atoms with E-state index in [2.05, 4.69) is 25.7 Å². The predicted molar refractivity (Wildman–Crippen MR) is 118 cm³/mol. The quantitative estimate of drug-likeness (QED) is 0.584. The van der Waals surface area contributed by atoms with Crippen LogP contribution in [-0.4, -0.2) is 38.7 Å². The van der Waals surface area contributed by atoms with Crippen LogP contribution in [0.1, 0.15) is 30.7 Å². The number of aromatic nitrogens is 4. The van der Waals surface area contributed by atoms with Gasteiger partial charge in [0, 0.05) is 37.6 Å². The summed E-state index contributed by atoms with van der Waals surface area (Å²) in [5, 5.41) is 10.4. The zero-order chi connectivity index (χ0) is 23.8. The topological polar surface area (TPSA) is 88.0 Å². The molecule has 11 heteroatoms. The van der Waals surface area contributed by atoms with Crippen molar-refractivity contribution in [1.29, 1.82) is 0 Å². The van der Waals surface area contributed by atoms with E-state index in [9.17, 15) is 18.0 Å². The average molecular weight is 459 g/mol. The minimum Gasteiger partial charge on any atom is -0.366 e. The third-order valence-corrected chi connectivity index (χ3v) is 5.46. The van der Waals surface area contributed by atoms with Gasteiger partial charge in [0.1, 0.15) is 17.6 Å². The lowest BCUT2D eigenvalue weighted by molar-refractivity contribution is -0.141. The minimum atomic E-state index is -4.45. The van der Waals surface area contributed by atoms with E-state index in [1.165, 1.54) is 12.3 Å². The second-order valence-corrected chi connectivity index (χ2v) is 8.32. The Bertz CT molecular complexity index is 1140.